The van der Waals surface area contributed by atoms with Crippen LogP contribution in [0.2, 0.25) is 0 Å². The lowest BCUT2D eigenvalue weighted by Crippen LogP contribution is -2.53. The third-order valence-electron chi connectivity index (χ3n) is 4.08. The minimum absolute atomic E-state index is 0.103. The average molecular weight is 278 g/mol. The van der Waals surface area contributed by atoms with Gasteiger partial charge in [-0.05, 0) is 19.1 Å². The van der Waals surface area contributed by atoms with Gasteiger partial charge in [0.25, 0.3) is 0 Å². The zero-order valence-corrected chi connectivity index (χ0v) is 11.2. The van der Waals surface area contributed by atoms with Crippen molar-refractivity contribution in [3.05, 3.63) is 23.5 Å². The van der Waals surface area contributed by atoms with E-state index in [4.69, 9.17) is 14.2 Å². The highest BCUT2D eigenvalue weighted by molar-refractivity contribution is 5.96. The molecule has 1 spiro atoms. The maximum absolute atomic E-state index is 12.0. The van der Waals surface area contributed by atoms with E-state index in [2.05, 4.69) is 0 Å². The second-order valence-electron chi connectivity index (χ2n) is 5.16. The van der Waals surface area contributed by atoms with Crippen LogP contribution in [0.5, 0.6) is 0 Å². The summed E-state index contributed by atoms with van der Waals surface area (Å²) in [5, 5.41) is 0. The molecule has 3 rings (SSSR count). The van der Waals surface area contributed by atoms with Crippen LogP contribution in [0.25, 0.3) is 0 Å². The van der Waals surface area contributed by atoms with Gasteiger partial charge < -0.3 is 14.2 Å². The van der Waals surface area contributed by atoms with Crippen LogP contribution in [0.1, 0.15) is 19.8 Å². The molecule has 0 bridgehead atoms. The van der Waals surface area contributed by atoms with E-state index in [1.165, 1.54) is 13.2 Å². The average Bonchev–Trinajstić information content (AvgIpc) is 2.71. The normalized spacial score (nSPS) is 35.1. The molecule has 0 unspecified atom stereocenters. The molecule has 0 radical (unpaired) electrons. The molecule has 1 fully saturated rings. The maximum Gasteiger partial charge on any atom is 0.337 e. The van der Waals surface area contributed by atoms with Gasteiger partial charge in [0, 0.05) is 12.3 Å². The van der Waals surface area contributed by atoms with Gasteiger partial charge in [0.1, 0.15) is 5.76 Å². The second-order valence-corrected chi connectivity index (χ2v) is 5.16. The van der Waals surface area contributed by atoms with Crippen molar-refractivity contribution < 1.29 is 28.6 Å². The van der Waals surface area contributed by atoms with Crippen LogP contribution in [-0.2, 0) is 28.6 Å². The molecule has 0 saturated carbocycles. The lowest BCUT2D eigenvalue weighted by atomic mass is 9.70. The predicted molar refractivity (Wildman–Crippen MR) is 65.3 cm³/mol. The van der Waals surface area contributed by atoms with E-state index in [1.54, 1.807) is 13.0 Å². The van der Waals surface area contributed by atoms with E-state index in [1.807, 2.05) is 0 Å². The van der Waals surface area contributed by atoms with Crippen molar-refractivity contribution in [3.63, 3.8) is 0 Å². The van der Waals surface area contributed by atoms with E-state index >= 15 is 0 Å². The first-order valence-electron chi connectivity index (χ1n) is 6.37. The summed E-state index contributed by atoms with van der Waals surface area (Å²) in [4.78, 5) is 35.3. The first-order valence-corrected chi connectivity index (χ1v) is 6.37. The number of ketones is 1. The van der Waals surface area contributed by atoms with E-state index < -0.39 is 29.6 Å². The lowest BCUT2D eigenvalue weighted by Gasteiger charge is -2.43. The monoisotopic (exact) mass is 278 g/mol. The van der Waals surface area contributed by atoms with Gasteiger partial charge in [-0.2, -0.15) is 0 Å². The minimum Gasteiger partial charge on any atom is -0.489 e. The van der Waals surface area contributed by atoms with Gasteiger partial charge in [0.2, 0.25) is 0 Å². The topological polar surface area (TPSA) is 78.9 Å². The molecular formula is C14H14O6. The molecule has 0 amide bonds. The van der Waals surface area contributed by atoms with Gasteiger partial charge in [-0.15, -0.1) is 0 Å². The van der Waals surface area contributed by atoms with E-state index in [9.17, 15) is 14.4 Å². The number of hydrogen-bond acceptors (Lipinski definition) is 6. The molecule has 20 heavy (non-hydrogen) atoms. The summed E-state index contributed by atoms with van der Waals surface area (Å²) in [5.41, 5.74) is -0.787. The Balaban J connectivity index is 2.14. The molecule has 6 heteroatoms. The van der Waals surface area contributed by atoms with Gasteiger partial charge in [-0.3, -0.25) is 9.59 Å². The van der Waals surface area contributed by atoms with Crippen LogP contribution < -0.4 is 0 Å². The quantitative estimate of drug-likeness (QED) is 0.656. The van der Waals surface area contributed by atoms with Crippen LogP contribution >= 0.6 is 0 Å². The fourth-order valence-corrected chi connectivity index (χ4v) is 3.20. The Bertz CT molecular complexity index is 572. The lowest BCUT2D eigenvalue weighted by molar-refractivity contribution is -0.157. The van der Waals surface area contributed by atoms with Crippen molar-refractivity contribution in [1.29, 1.82) is 0 Å². The number of esters is 2. The van der Waals surface area contributed by atoms with Crippen molar-refractivity contribution >= 4 is 17.7 Å². The number of rotatable bonds is 1. The van der Waals surface area contributed by atoms with E-state index in [0.717, 1.165) is 0 Å². The third kappa shape index (κ3) is 1.60. The third-order valence-corrected chi connectivity index (χ3v) is 4.08. The van der Waals surface area contributed by atoms with Gasteiger partial charge in [-0.25, -0.2) is 4.79 Å². The zero-order valence-electron chi connectivity index (χ0n) is 11.2. The van der Waals surface area contributed by atoms with Crippen molar-refractivity contribution in [1.82, 2.24) is 0 Å². The molecule has 1 aliphatic carbocycles. The summed E-state index contributed by atoms with van der Waals surface area (Å²) >= 11 is 0. The fraction of sp³-hybridized carbons (Fsp3) is 0.500. The molecule has 3 atom stereocenters. The van der Waals surface area contributed by atoms with Crippen molar-refractivity contribution in [3.8, 4) is 0 Å². The summed E-state index contributed by atoms with van der Waals surface area (Å²) in [6, 6.07) is 0. The summed E-state index contributed by atoms with van der Waals surface area (Å²) in [6.07, 6.45) is 2.65. The number of methoxy groups -OCH3 is 1. The molecule has 1 saturated heterocycles. The molecule has 106 valence electrons. The van der Waals surface area contributed by atoms with Crippen LogP contribution in [0.15, 0.2) is 23.5 Å². The van der Waals surface area contributed by atoms with Gasteiger partial charge in [0.05, 0.1) is 19.1 Å². The molecule has 0 aromatic carbocycles. The molecular weight excluding hydrogens is 264 g/mol. The molecule has 0 aromatic heterocycles. The number of ether oxygens (including phenoxy) is 3. The fourth-order valence-electron chi connectivity index (χ4n) is 3.20. The Labute approximate surface area is 115 Å². The minimum atomic E-state index is -1.06. The van der Waals surface area contributed by atoms with Crippen molar-refractivity contribution in [2.75, 3.05) is 7.11 Å². The molecule has 6 nitrogen and oxygen atoms in total. The van der Waals surface area contributed by atoms with Crippen LogP contribution in [0.3, 0.4) is 0 Å². The number of hydrogen-bond donors (Lipinski definition) is 0. The zero-order chi connectivity index (χ0) is 14.5. The number of carbonyl (C=O) groups excluding carboxylic acids is 3. The highest BCUT2D eigenvalue weighted by atomic mass is 16.6. The Morgan fingerprint density at radius 3 is 2.85 bits per heavy atom. The molecule has 0 N–H and O–H groups in total. The van der Waals surface area contributed by atoms with Crippen molar-refractivity contribution in [2.45, 2.75) is 31.5 Å². The summed E-state index contributed by atoms with van der Waals surface area (Å²) < 4.78 is 15.9. The highest BCUT2D eigenvalue weighted by Gasteiger charge is 2.61. The Kier molecular flexibility index (Phi) is 2.70. The number of allylic oxidation sites excluding steroid dienone is 2. The first-order chi connectivity index (χ1) is 9.48. The Hall–Kier alpha value is -2.11. The Morgan fingerprint density at radius 1 is 1.40 bits per heavy atom. The molecule has 0 aromatic rings. The summed E-state index contributed by atoms with van der Waals surface area (Å²) in [6.45, 7) is 1.64. The van der Waals surface area contributed by atoms with Crippen molar-refractivity contribution in [2.24, 2.45) is 5.92 Å². The summed E-state index contributed by atoms with van der Waals surface area (Å²) in [7, 11) is 1.27. The van der Waals surface area contributed by atoms with Gasteiger partial charge >= 0.3 is 11.9 Å². The van der Waals surface area contributed by atoms with Crippen LogP contribution in [-0.4, -0.2) is 36.5 Å². The number of carbonyl (C=O) groups is 3. The van der Waals surface area contributed by atoms with E-state index in [0.29, 0.717) is 5.76 Å². The maximum atomic E-state index is 12.0. The van der Waals surface area contributed by atoms with Crippen LogP contribution in [0, 0.1) is 5.92 Å². The highest BCUT2D eigenvalue weighted by Crippen LogP contribution is 2.49. The van der Waals surface area contributed by atoms with Crippen LogP contribution in [0.4, 0.5) is 0 Å². The second kappa shape index (κ2) is 4.19. The molecule has 2 heterocycles. The predicted octanol–water partition coefficient (Wildman–Crippen LogP) is 0.663. The largest absolute Gasteiger partial charge is 0.489 e. The van der Waals surface area contributed by atoms with E-state index in [-0.39, 0.29) is 24.2 Å². The first kappa shape index (κ1) is 12.9. The molecule has 3 aliphatic rings. The summed E-state index contributed by atoms with van der Waals surface area (Å²) in [5.74, 6) is -1.21. The van der Waals surface area contributed by atoms with Gasteiger partial charge in [0.15, 0.2) is 17.5 Å². The smallest absolute Gasteiger partial charge is 0.337 e. The SMILES string of the molecule is COC(=O)C1=C(C)O[C@@H]2CC(=O)O[C@@]23C=CC(=O)C[C@@H]13. The Morgan fingerprint density at radius 2 is 2.15 bits per heavy atom. The standard InChI is InChI=1S/C14H14O6/c1-7-12(13(17)18-2)9-5-8(15)3-4-14(9)10(19-7)6-11(16)20-14/h3-4,9-10H,5-6H2,1-2H3/t9-,10+,14+/m0/s1. The van der Waals surface area contributed by atoms with Gasteiger partial charge in [-0.1, -0.05) is 0 Å². The molecule has 2 aliphatic heterocycles.